The summed E-state index contributed by atoms with van der Waals surface area (Å²) < 4.78 is 5.56. The van der Waals surface area contributed by atoms with Crippen LogP contribution in [-0.4, -0.2) is 26.0 Å². The van der Waals surface area contributed by atoms with Gasteiger partial charge in [-0.2, -0.15) is 9.78 Å². The summed E-state index contributed by atoms with van der Waals surface area (Å²) in [5.41, 5.74) is 6.83. The third-order valence-corrected chi connectivity index (χ3v) is 1.92. The summed E-state index contributed by atoms with van der Waals surface area (Å²) in [7, 11) is 0. The first-order valence-corrected chi connectivity index (χ1v) is 4.25. The van der Waals surface area contributed by atoms with Gasteiger partial charge in [0.1, 0.15) is 0 Å². The highest BCUT2D eigenvalue weighted by atomic mass is 16.6. The Morgan fingerprint density at radius 2 is 2.20 bits per heavy atom. The molecule has 0 aliphatic carbocycles. The monoisotopic (exact) mass is 207 g/mol. The second-order valence-corrected chi connectivity index (χ2v) is 3.14. The van der Waals surface area contributed by atoms with Gasteiger partial charge in [-0.25, -0.2) is 4.63 Å². The summed E-state index contributed by atoms with van der Waals surface area (Å²) in [6.07, 6.45) is 0. The third kappa shape index (κ3) is 1.47. The van der Waals surface area contributed by atoms with Gasteiger partial charge in [-0.15, -0.1) is 0 Å². The Bertz CT molecular complexity index is 513. The third-order valence-electron chi connectivity index (χ3n) is 1.92. The number of aryl methyl sites for hydroxylation is 2. The number of nitrogens with two attached hydrogens (primary N) is 1. The lowest BCUT2D eigenvalue weighted by molar-refractivity contribution is 0.0933. The van der Waals surface area contributed by atoms with E-state index in [2.05, 4.69) is 20.0 Å². The van der Waals surface area contributed by atoms with Crippen molar-refractivity contribution in [1.29, 1.82) is 0 Å². The first-order chi connectivity index (χ1) is 7.09. The van der Waals surface area contributed by atoms with Crippen LogP contribution in [0.25, 0.3) is 0 Å². The maximum atomic E-state index is 11.8. The van der Waals surface area contributed by atoms with Gasteiger partial charge in [-0.05, 0) is 30.2 Å². The molecule has 0 aliphatic heterocycles. The van der Waals surface area contributed by atoms with Crippen molar-refractivity contribution in [2.24, 2.45) is 0 Å². The summed E-state index contributed by atoms with van der Waals surface area (Å²) in [6.45, 7) is 3.56. The number of nitrogens with zero attached hydrogens (tertiary/aromatic N) is 4. The molecule has 7 heteroatoms. The lowest BCUT2D eigenvalue weighted by atomic mass is 10.4. The molecular weight excluding hydrogens is 198 g/mol. The molecule has 0 aromatic carbocycles. The van der Waals surface area contributed by atoms with Crippen molar-refractivity contribution in [2.75, 3.05) is 5.73 Å². The van der Waals surface area contributed by atoms with Gasteiger partial charge in [0.15, 0.2) is 0 Å². The minimum absolute atomic E-state index is 0.0267. The molecule has 78 valence electrons. The highest BCUT2D eigenvalue weighted by Gasteiger charge is 2.20. The van der Waals surface area contributed by atoms with Gasteiger partial charge in [-0.3, -0.25) is 4.79 Å². The zero-order chi connectivity index (χ0) is 11.0. The van der Waals surface area contributed by atoms with E-state index in [9.17, 15) is 4.79 Å². The van der Waals surface area contributed by atoms with Crippen molar-refractivity contribution >= 4 is 11.7 Å². The number of hydrogen-bond donors (Lipinski definition) is 1. The number of nitrogen functional groups attached to an aromatic ring is 1. The Balaban J connectivity index is 2.45. The number of anilines is 1. The van der Waals surface area contributed by atoms with Crippen LogP contribution in [0.1, 0.15) is 21.9 Å². The van der Waals surface area contributed by atoms with E-state index >= 15 is 0 Å². The first-order valence-electron chi connectivity index (χ1n) is 4.25. The second-order valence-electron chi connectivity index (χ2n) is 3.14. The molecule has 0 atom stereocenters. The van der Waals surface area contributed by atoms with Crippen LogP contribution in [0.3, 0.4) is 0 Å². The van der Waals surface area contributed by atoms with Crippen LogP contribution in [0.15, 0.2) is 10.7 Å². The van der Waals surface area contributed by atoms with Gasteiger partial charge in [-0.1, -0.05) is 0 Å². The maximum absolute atomic E-state index is 11.8. The standard InChI is InChI=1S/C8H9N5O2/c1-4-3-5(2)13(10-4)8(14)6-7(9)12-15-11-6/h3H,1-2H3,(H2,9,12). The van der Waals surface area contributed by atoms with Crippen LogP contribution in [0.5, 0.6) is 0 Å². The Morgan fingerprint density at radius 3 is 2.67 bits per heavy atom. The van der Waals surface area contributed by atoms with Crippen LogP contribution in [0.2, 0.25) is 0 Å². The van der Waals surface area contributed by atoms with E-state index in [1.807, 2.05) is 0 Å². The fourth-order valence-corrected chi connectivity index (χ4v) is 1.28. The van der Waals surface area contributed by atoms with Crippen LogP contribution < -0.4 is 5.73 Å². The minimum atomic E-state index is -0.445. The first kappa shape index (κ1) is 9.38. The number of carbonyl (C=O) groups is 1. The zero-order valence-corrected chi connectivity index (χ0v) is 8.26. The molecule has 2 heterocycles. The van der Waals surface area contributed by atoms with Crippen LogP contribution >= 0.6 is 0 Å². The van der Waals surface area contributed by atoms with Crippen molar-refractivity contribution in [3.8, 4) is 0 Å². The fraction of sp³-hybridized carbons (Fsp3) is 0.250. The van der Waals surface area contributed by atoms with Gasteiger partial charge in [0.2, 0.25) is 11.5 Å². The van der Waals surface area contributed by atoms with Crippen LogP contribution in [0.4, 0.5) is 5.82 Å². The topological polar surface area (TPSA) is 99.8 Å². The molecule has 0 saturated carbocycles. The van der Waals surface area contributed by atoms with E-state index < -0.39 is 5.91 Å². The number of carbonyl (C=O) groups excluding carboxylic acids is 1. The average Bonchev–Trinajstić information content (AvgIpc) is 2.71. The highest BCUT2D eigenvalue weighted by molar-refractivity contribution is 5.97. The summed E-state index contributed by atoms with van der Waals surface area (Å²) in [5, 5.41) is 10.8. The van der Waals surface area contributed by atoms with Gasteiger partial charge >= 0.3 is 5.91 Å². The van der Waals surface area contributed by atoms with Gasteiger partial charge in [0.05, 0.1) is 5.69 Å². The normalized spacial score (nSPS) is 10.5. The maximum Gasteiger partial charge on any atom is 0.304 e. The molecule has 2 aromatic heterocycles. The molecule has 2 aromatic rings. The molecule has 0 spiro atoms. The van der Waals surface area contributed by atoms with Crippen molar-refractivity contribution in [2.45, 2.75) is 13.8 Å². The molecule has 0 aliphatic rings. The predicted molar refractivity (Wildman–Crippen MR) is 50.1 cm³/mol. The Kier molecular flexibility index (Phi) is 2.00. The van der Waals surface area contributed by atoms with Crippen molar-refractivity contribution in [3.05, 3.63) is 23.1 Å². The van der Waals surface area contributed by atoms with E-state index in [0.717, 1.165) is 5.69 Å². The van der Waals surface area contributed by atoms with Crippen molar-refractivity contribution in [3.63, 3.8) is 0 Å². The number of aromatic nitrogens is 4. The van der Waals surface area contributed by atoms with Gasteiger partial charge in [0, 0.05) is 5.69 Å². The zero-order valence-electron chi connectivity index (χ0n) is 8.26. The Hall–Kier alpha value is -2.18. The quantitative estimate of drug-likeness (QED) is 0.714. The van der Waals surface area contributed by atoms with E-state index in [1.165, 1.54) is 4.68 Å². The molecule has 0 radical (unpaired) electrons. The largest absolute Gasteiger partial charge is 0.379 e. The summed E-state index contributed by atoms with van der Waals surface area (Å²) in [4.78, 5) is 11.8. The van der Waals surface area contributed by atoms with E-state index in [0.29, 0.717) is 5.69 Å². The second kappa shape index (κ2) is 3.19. The summed E-state index contributed by atoms with van der Waals surface area (Å²) in [6, 6.07) is 1.78. The summed E-state index contributed by atoms with van der Waals surface area (Å²) >= 11 is 0. The lowest BCUT2D eigenvalue weighted by Gasteiger charge is -1.98. The summed E-state index contributed by atoms with van der Waals surface area (Å²) in [5.74, 6) is -0.480. The molecule has 2 N–H and O–H groups in total. The SMILES string of the molecule is Cc1cc(C)n(C(=O)c2nonc2N)n1. The van der Waals surface area contributed by atoms with Crippen molar-refractivity contribution in [1.82, 2.24) is 20.1 Å². The van der Waals surface area contributed by atoms with E-state index in [-0.39, 0.29) is 11.5 Å². The van der Waals surface area contributed by atoms with Crippen molar-refractivity contribution < 1.29 is 9.42 Å². The molecule has 15 heavy (non-hydrogen) atoms. The molecule has 0 unspecified atom stereocenters. The molecule has 0 saturated heterocycles. The molecule has 2 rings (SSSR count). The molecule has 0 bridgehead atoms. The number of rotatable bonds is 1. The van der Waals surface area contributed by atoms with Crippen LogP contribution in [0, 0.1) is 13.8 Å². The van der Waals surface area contributed by atoms with Gasteiger partial charge < -0.3 is 5.73 Å². The van der Waals surface area contributed by atoms with Crippen LogP contribution in [-0.2, 0) is 0 Å². The van der Waals surface area contributed by atoms with E-state index in [4.69, 9.17) is 5.73 Å². The number of hydrogen-bond acceptors (Lipinski definition) is 6. The minimum Gasteiger partial charge on any atom is -0.379 e. The van der Waals surface area contributed by atoms with Gasteiger partial charge in [0.25, 0.3) is 0 Å². The highest BCUT2D eigenvalue weighted by Crippen LogP contribution is 2.09. The predicted octanol–water partition coefficient (Wildman–Crippen LogP) is 0.154. The fourth-order valence-electron chi connectivity index (χ4n) is 1.28. The Labute approximate surface area is 84.8 Å². The molecular formula is C8H9N5O2. The molecule has 7 nitrogen and oxygen atoms in total. The Morgan fingerprint density at radius 1 is 1.47 bits per heavy atom. The molecule has 0 fully saturated rings. The average molecular weight is 207 g/mol. The molecule has 0 amide bonds. The van der Waals surface area contributed by atoms with E-state index in [1.54, 1.807) is 19.9 Å². The lowest BCUT2D eigenvalue weighted by Crippen LogP contribution is -2.17. The smallest absolute Gasteiger partial charge is 0.304 e.